The Kier molecular flexibility index (Phi) is 5.80. The number of aliphatic carboxylic acids is 1. The molecule has 2 amide bonds. The molecule has 0 aliphatic carbocycles. The molecular formula is C12H13N3O6. The van der Waals surface area contributed by atoms with Gasteiger partial charge in [-0.05, 0) is 12.5 Å². The number of nitrogens with one attached hydrogen (secondary N) is 2. The largest absolute Gasteiger partial charge is 0.481 e. The number of nitro benzene ring substituents is 1. The number of carboxylic acid groups (broad SMARTS) is 1. The zero-order valence-electron chi connectivity index (χ0n) is 10.9. The number of carbonyl (C=O) groups excluding carboxylic acids is 2. The van der Waals surface area contributed by atoms with Gasteiger partial charge in [-0.3, -0.25) is 35.3 Å². The van der Waals surface area contributed by atoms with Gasteiger partial charge in [0.15, 0.2) is 0 Å². The summed E-state index contributed by atoms with van der Waals surface area (Å²) in [6.45, 7) is 0. The molecule has 1 aromatic carbocycles. The number of hydrazine groups is 1. The van der Waals surface area contributed by atoms with Gasteiger partial charge in [0.2, 0.25) is 5.91 Å². The summed E-state index contributed by atoms with van der Waals surface area (Å²) in [6, 6.07) is 5.02. The van der Waals surface area contributed by atoms with Gasteiger partial charge in [-0.25, -0.2) is 0 Å². The first kappa shape index (κ1) is 16.1. The van der Waals surface area contributed by atoms with Crippen molar-refractivity contribution in [2.75, 3.05) is 0 Å². The standard InChI is InChI=1S/C12H13N3O6/c16-10(5-2-6-11(17)18)13-14-12(19)8-3-1-4-9(7-8)15(20)21/h1,3-4,7H,2,5-6H2,(H,13,16)(H,14,19)(H,17,18). The maximum atomic E-state index is 11.7. The Morgan fingerprint density at radius 3 is 2.52 bits per heavy atom. The van der Waals surface area contributed by atoms with Crippen molar-refractivity contribution < 1.29 is 24.4 Å². The van der Waals surface area contributed by atoms with E-state index in [-0.39, 0.29) is 30.5 Å². The van der Waals surface area contributed by atoms with Crippen LogP contribution in [-0.2, 0) is 9.59 Å². The molecule has 0 spiro atoms. The molecule has 0 aliphatic heterocycles. The highest BCUT2D eigenvalue weighted by molar-refractivity contribution is 5.95. The number of benzene rings is 1. The SMILES string of the molecule is O=C(O)CCCC(=O)NNC(=O)c1cccc([N+](=O)[O-])c1. The van der Waals surface area contributed by atoms with E-state index in [1.807, 2.05) is 0 Å². The Labute approximate surface area is 119 Å². The molecule has 3 N–H and O–H groups in total. The molecule has 0 radical (unpaired) electrons. The quantitative estimate of drug-likeness (QED) is 0.519. The number of hydrogen-bond donors (Lipinski definition) is 3. The topological polar surface area (TPSA) is 139 Å². The Morgan fingerprint density at radius 2 is 1.90 bits per heavy atom. The predicted octanol–water partition coefficient (Wildman–Crippen LogP) is 0.611. The Hall–Kier alpha value is -2.97. The highest BCUT2D eigenvalue weighted by Gasteiger charge is 2.12. The minimum absolute atomic E-state index is 0.0232. The third-order valence-corrected chi connectivity index (χ3v) is 2.43. The van der Waals surface area contributed by atoms with Gasteiger partial charge in [-0.1, -0.05) is 6.07 Å². The molecule has 0 saturated carbocycles. The van der Waals surface area contributed by atoms with Gasteiger partial charge in [0.25, 0.3) is 11.6 Å². The summed E-state index contributed by atoms with van der Waals surface area (Å²) in [5, 5.41) is 19.0. The Balaban J connectivity index is 2.46. The third kappa shape index (κ3) is 5.68. The lowest BCUT2D eigenvalue weighted by atomic mass is 10.2. The van der Waals surface area contributed by atoms with E-state index >= 15 is 0 Å². The molecule has 0 bridgehead atoms. The van der Waals surface area contributed by atoms with Crippen molar-refractivity contribution in [1.29, 1.82) is 0 Å². The Bertz CT molecular complexity index is 572. The first-order chi connectivity index (χ1) is 9.90. The zero-order valence-corrected chi connectivity index (χ0v) is 10.9. The van der Waals surface area contributed by atoms with Crippen molar-refractivity contribution in [1.82, 2.24) is 10.9 Å². The fraction of sp³-hybridized carbons (Fsp3) is 0.250. The minimum atomic E-state index is -1.01. The number of nitrogens with zero attached hydrogens (tertiary/aromatic N) is 1. The molecule has 1 aromatic rings. The van der Waals surface area contributed by atoms with Crippen LogP contribution in [0.4, 0.5) is 5.69 Å². The van der Waals surface area contributed by atoms with Crippen LogP contribution in [0.15, 0.2) is 24.3 Å². The third-order valence-electron chi connectivity index (χ3n) is 2.43. The summed E-state index contributed by atoms with van der Waals surface area (Å²) in [4.78, 5) is 43.2. The molecule has 9 nitrogen and oxygen atoms in total. The molecule has 0 aromatic heterocycles. The van der Waals surface area contributed by atoms with E-state index in [1.165, 1.54) is 18.2 Å². The molecule has 1 rings (SSSR count). The van der Waals surface area contributed by atoms with Gasteiger partial charge in [-0.2, -0.15) is 0 Å². The van der Waals surface area contributed by atoms with E-state index in [0.717, 1.165) is 6.07 Å². The van der Waals surface area contributed by atoms with Crippen LogP contribution in [-0.4, -0.2) is 27.8 Å². The van der Waals surface area contributed by atoms with Gasteiger partial charge in [0.05, 0.1) is 4.92 Å². The lowest BCUT2D eigenvalue weighted by Crippen LogP contribution is -2.41. The minimum Gasteiger partial charge on any atom is -0.481 e. The van der Waals surface area contributed by atoms with Crippen LogP contribution in [0, 0.1) is 10.1 Å². The van der Waals surface area contributed by atoms with Crippen molar-refractivity contribution in [3.05, 3.63) is 39.9 Å². The van der Waals surface area contributed by atoms with Crippen LogP contribution in [0.25, 0.3) is 0 Å². The number of nitro groups is 1. The first-order valence-corrected chi connectivity index (χ1v) is 5.95. The summed E-state index contributed by atoms with van der Waals surface area (Å²) in [7, 11) is 0. The van der Waals surface area contributed by atoms with E-state index in [1.54, 1.807) is 0 Å². The molecule has 0 saturated heterocycles. The van der Waals surface area contributed by atoms with Crippen LogP contribution in [0.2, 0.25) is 0 Å². The van der Waals surface area contributed by atoms with E-state index in [4.69, 9.17) is 5.11 Å². The van der Waals surface area contributed by atoms with E-state index in [2.05, 4.69) is 10.9 Å². The highest BCUT2D eigenvalue weighted by atomic mass is 16.6. The summed E-state index contributed by atoms with van der Waals surface area (Å²) >= 11 is 0. The van der Waals surface area contributed by atoms with Crippen molar-refractivity contribution in [2.45, 2.75) is 19.3 Å². The average Bonchev–Trinajstić information content (AvgIpc) is 2.44. The van der Waals surface area contributed by atoms with E-state index in [9.17, 15) is 24.5 Å². The van der Waals surface area contributed by atoms with Crippen molar-refractivity contribution in [3.63, 3.8) is 0 Å². The number of amides is 2. The number of carboxylic acids is 1. The smallest absolute Gasteiger partial charge is 0.303 e. The summed E-state index contributed by atoms with van der Waals surface area (Å²) in [5.74, 6) is -2.26. The second-order valence-corrected chi connectivity index (χ2v) is 4.06. The lowest BCUT2D eigenvalue weighted by Gasteiger charge is -2.06. The van der Waals surface area contributed by atoms with Crippen LogP contribution < -0.4 is 10.9 Å². The molecule has 0 atom stereocenters. The van der Waals surface area contributed by atoms with Gasteiger partial charge in [0, 0.05) is 30.5 Å². The number of non-ortho nitro benzene ring substituents is 1. The van der Waals surface area contributed by atoms with Gasteiger partial charge >= 0.3 is 5.97 Å². The molecular weight excluding hydrogens is 282 g/mol. The molecule has 0 aliphatic rings. The van der Waals surface area contributed by atoms with Crippen LogP contribution in [0.1, 0.15) is 29.6 Å². The fourth-order valence-corrected chi connectivity index (χ4v) is 1.42. The molecule has 0 unspecified atom stereocenters. The maximum absolute atomic E-state index is 11.7. The molecule has 0 heterocycles. The average molecular weight is 295 g/mol. The second-order valence-electron chi connectivity index (χ2n) is 4.06. The molecule has 112 valence electrons. The predicted molar refractivity (Wildman–Crippen MR) is 70.2 cm³/mol. The normalized spacial score (nSPS) is 9.71. The number of carbonyl (C=O) groups is 3. The second kappa shape index (κ2) is 7.58. The molecule has 9 heteroatoms. The van der Waals surface area contributed by atoms with Gasteiger partial charge in [0.1, 0.15) is 0 Å². The van der Waals surface area contributed by atoms with Crippen molar-refractivity contribution in [2.24, 2.45) is 0 Å². The van der Waals surface area contributed by atoms with Gasteiger partial charge < -0.3 is 5.11 Å². The Morgan fingerprint density at radius 1 is 1.19 bits per heavy atom. The van der Waals surface area contributed by atoms with Crippen LogP contribution >= 0.6 is 0 Å². The number of hydrogen-bond acceptors (Lipinski definition) is 5. The van der Waals surface area contributed by atoms with Gasteiger partial charge in [-0.15, -0.1) is 0 Å². The van der Waals surface area contributed by atoms with Crippen molar-refractivity contribution in [3.8, 4) is 0 Å². The fourth-order valence-electron chi connectivity index (χ4n) is 1.42. The molecule has 21 heavy (non-hydrogen) atoms. The molecule has 0 fully saturated rings. The van der Waals surface area contributed by atoms with Crippen molar-refractivity contribution >= 4 is 23.5 Å². The van der Waals surface area contributed by atoms with Crippen LogP contribution in [0.5, 0.6) is 0 Å². The highest BCUT2D eigenvalue weighted by Crippen LogP contribution is 2.12. The summed E-state index contributed by atoms with van der Waals surface area (Å²) < 4.78 is 0. The summed E-state index contributed by atoms with van der Waals surface area (Å²) in [6.07, 6.45) is -0.0540. The maximum Gasteiger partial charge on any atom is 0.303 e. The first-order valence-electron chi connectivity index (χ1n) is 5.95. The van der Waals surface area contributed by atoms with E-state index in [0.29, 0.717) is 0 Å². The van der Waals surface area contributed by atoms with E-state index < -0.39 is 22.7 Å². The number of rotatable bonds is 6. The lowest BCUT2D eigenvalue weighted by molar-refractivity contribution is -0.384. The zero-order chi connectivity index (χ0) is 15.8. The summed E-state index contributed by atoms with van der Waals surface area (Å²) in [5.41, 5.74) is 3.98. The monoisotopic (exact) mass is 295 g/mol. The van der Waals surface area contributed by atoms with Crippen LogP contribution in [0.3, 0.4) is 0 Å².